The molecule has 0 aliphatic rings. The van der Waals surface area contributed by atoms with E-state index in [-0.39, 0.29) is 6.04 Å². The van der Waals surface area contributed by atoms with Crippen LogP contribution >= 0.6 is 0 Å². The van der Waals surface area contributed by atoms with Gasteiger partial charge in [0.05, 0.1) is 11.2 Å². The number of rotatable bonds is 2. The summed E-state index contributed by atoms with van der Waals surface area (Å²) in [7, 11) is 0. The quantitative estimate of drug-likeness (QED) is 0.727. The van der Waals surface area contributed by atoms with E-state index >= 15 is 0 Å². The van der Waals surface area contributed by atoms with Crippen molar-refractivity contribution in [2.24, 2.45) is 5.73 Å². The Labute approximate surface area is 88.9 Å². The minimum Gasteiger partial charge on any atom is -0.397 e. The van der Waals surface area contributed by atoms with E-state index in [0.29, 0.717) is 6.54 Å². The van der Waals surface area contributed by atoms with Crippen LogP contribution in [-0.2, 0) is 0 Å². The summed E-state index contributed by atoms with van der Waals surface area (Å²) in [6, 6.07) is 6.08. The number of benzene rings is 1. The Morgan fingerprint density at radius 1 is 1.47 bits per heavy atom. The van der Waals surface area contributed by atoms with Gasteiger partial charge < -0.3 is 16.0 Å². The van der Waals surface area contributed by atoms with Crippen molar-refractivity contribution in [3.8, 4) is 0 Å². The first-order chi connectivity index (χ1) is 7.15. The Bertz CT molecular complexity index is 487. The van der Waals surface area contributed by atoms with Crippen LogP contribution in [0.5, 0.6) is 0 Å². The maximum Gasteiger partial charge on any atom is 0.112 e. The van der Waals surface area contributed by atoms with E-state index in [1.54, 1.807) is 0 Å². The van der Waals surface area contributed by atoms with Gasteiger partial charge in [-0.2, -0.15) is 0 Å². The number of para-hydroxylation sites is 1. The lowest BCUT2D eigenvalue weighted by Gasteiger charge is -2.13. The molecule has 0 amide bonds. The van der Waals surface area contributed by atoms with Crippen LogP contribution in [0, 0.1) is 6.92 Å². The van der Waals surface area contributed by atoms with Crippen LogP contribution in [0.3, 0.4) is 0 Å². The van der Waals surface area contributed by atoms with E-state index in [1.807, 2.05) is 25.1 Å². The molecule has 0 fully saturated rings. The van der Waals surface area contributed by atoms with Gasteiger partial charge in [-0.25, -0.2) is 4.98 Å². The number of aryl methyl sites for hydroxylation is 1. The highest BCUT2D eigenvalue weighted by molar-refractivity contribution is 5.87. The minimum atomic E-state index is 0.247. The molecule has 4 N–H and O–H groups in total. The number of aromatic nitrogens is 2. The summed E-state index contributed by atoms with van der Waals surface area (Å²) < 4.78 is 2.13. The van der Waals surface area contributed by atoms with Gasteiger partial charge in [-0.15, -0.1) is 0 Å². The van der Waals surface area contributed by atoms with Crippen LogP contribution < -0.4 is 11.5 Å². The van der Waals surface area contributed by atoms with Gasteiger partial charge >= 0.3 is 0 Å². The van der Waals surface area contributed by atoms with Crippen LogP contribution in [0.15, 0.2) is 18.2 Å². The molecule has 0 spiro atoms. The third kappa shape index (κ3) is 1.47. The summed E-state index contributed by atoms with van der Waals surface area (Å²) in [5.74, 6) is 0.959. The molecule has 2 rings (SSSR count). The Morgan fingerprint density at radius 3 is 2.87 bits per heavy atom. The number of nitrogens with two attached hydrogens (primary N) is 2. The summed E-state index contributed by atoms with van der Waals surface area (Å²) in [6.07, 6.45) is 0. The zero-order valence-corrected chi connectivity index (χ0v) is 9.07. The second kappa shape index (κ2) is 3.55. The fraction of sp³-hybridized carbons (Fsp3) is 0.364. The summed E-state index contributed by atoms with van der Waals surface area (Å²) in [5.41, 5.74) is 14.2. The Balaban J connectivity index is 2.73. The predicted molar refractivity (Wildman–Crippen MR) is 62.6 cm³/mol. The molecule has 4 nitrogen and oxygen atoms in total. The van der Waals surface area contributed by atoms with Crippen molar-refractivity contribution in [1.29, 1.82) is 0 Å². The molecule has 0 saturated carbocycles. The van der Waals surface area contributed by atoms with Crippen molar-refractivity contribution in [2.45, 2.75) is 19.9 Å². The molecular weight excluding hydrogens is 188 g/mol. The van der Waals surface area contributed by atoms with E-state index in [2.05, 4.69) is 16.5 Å². The number of nitrogen functional groups attached to an aromatic ring is 1. The van der Waals surface area contributed by atoms with Gasteiger partial charge in [-0.1, -0.05) is 6.07 Å². The van der Waals surface area contributed by atoms with Crippen LogP contribution in [0.25, 0.3) is 11.0 Å². The highest BCUT2D eigenvalue weighted by atomic mass is 15.1. The van der Waals surface area contributed by atoms with E-state index in [9.17, 15) is 0 Å². The molecule has 80 valence electrons. The van der Waals surface area contributed by atoms with Crippen molar-refractivity contribution in [1.82, 2.24) is 9.55 Å². The molecule has 0 bridgehead atoms. The van der Waals surface area contributed by atoms with Crippen molar-refractivity contribution in [3.05, 3.63) is 24.0 Å². The smallest absolute Gasteiger partial charge is 0.112 e. The molecule has 0 aliphatic heterocycles. The molecule has 0 aliphatic carbocycles. The van der Waals surface area contributed by atoms with Gasteiger partial charge in [0, 0.05) is 12.6 Å². The third-order valence-electron chi connectivity index (χ3n) is 2.71. The number of hydrogen-bond acceptors (Lipinski definition) is 3. The van der Waals surface area contributed by atoms with Gasteiger partial charge in [0.15, 0.2) is 0 Å². The van der Waals surface area contributed by atoms with E-state index < -0.39 is 0 Å². The van der Waals surface area contributed by atoms with Crippen LogP contribution in [0.4, 0.5) is 5.69 Å². The zero-order valence-electron chi connectivity index (χ0n) is 9.07. The number of nitrogens with zero attached hydrogens (tertiary/aromatic N) is 2. The van der Waals surface area contributed by atoms with Gasteiger partial charge in [0.2, 0.25) is 0 Å². The SMILES string of the molecule is Cc1nc2c(N)cccc2n1C(C)CN. The first-order valence-electron chi connectivity index (χ1n) is 5.08. The minimum absolute atomic E-state index is 0.247. The van der Waals surface area contributed by atoms with E-state index in [1.165, 1.54) is 0 Å². The molecule has 0 saturated heterocycles. The topological polar surface area (TPSA) is 69.9 Å². The lowest BCUT2D eigenvalue weighted by Crippen LogP contribution is -2.16. The van der Waals surface area contributed by atoms with E-state index in [4.69, 9.17) is 11.5 Å². The predicted octanol–water partition coefficient (Wildman–Crippen LogP) is 1.45. The molecule has 2 aromatic rings. The van der Waals surface area contributed by atoms with Crippen LogP contribution in [0.2, 0.25) is 0 Å². The fourth-order valence-corrected chi connectivity index (χ4v) is 1.92. The average molecular weight is 204 g/mol. The van der Waals surface area contributed by atoms with E-state index in [0.717, 1.165) is 22.5 Å². The molecule has 15 heavy (non-hydrogen) atoms. The Hall–Kier alpha value is -1.55. The van der Waals surface area contributed by atoms with Crippen molar-refractivity contribution < 1.29 is 0 Å². The first-order valence-corrected chi connectivity index (χ1v) is 5.08. The van der Waals surface area contributed by atoms with Crippen molar-refractivity contribution in [2.75, 3.05) is 12.3 Å². The zero-order chi connectivity index (χ0) is 11.0. The number of anilines is 1. The summed E-state index contributed by atoms with van der Waals surface area (Å²) in [6.45, 7) is 4.66. The number of hydrogen-bond donors (Lipinski definition) is 2. The lowest BCUT2D eigenvalue weighted by molar-refractivity contribution is 0.559. The van der Waals surface area contributed by atoms with Crippen LogP contribution in [-0.4, -0.2) is 16.1 Å². The molecule has 1 aromatic heterocycles. The highest BCUT2D eigenvalue weighted by Crippen LogP contribution is 2.24. The second-order valence-corrected chi connectivity index (χ2v) is 3.83. The molecular formula is C11H16N4. The summed E-state index contributed by atoms with van der Waals surface area (Å²) in [4.78, 5) is 4.46. The maximum absolute atomic E-state index is 5.87. The van der Waals surface area contributed by atoms with Gasteiger partial charge in [-0.3, -0.25) is 0 Å². The monoisotopic (exact) mass is 204 g/mol. The first kappa shape index (κ1) is 9.98. The lowest BCUT2D eigenvalue weighted by atomic mass is 10.2. The molecule has 1 atom stereocenters. The van der Waals surface area contributed by atoms with Crippen molar-refractivity contribution in [3.63, 3.8) is 0 Å². The largest absolute Gasteiger partial charge is 0.397 e. The second-order valence-electron chi connectivity index (χ2n) is 3.83. The fourth-order valence-electron chi connectivity index (χ4n) is 1.92. The number of fused-ring (bicyclic) bond motifs is 1. The number of imidazole rings is 1. The normalized spacial score (nSPS) is 13.3. The average Bonchev–Trinajstić information content (AvgIpc) is 2.55. The standard InChI is InChI=1S/C11H16N4/c1-7(6-12)15-8(2)14-11-9(13)4-3-5-10(11)15/h3-5,7H,6,12-13H2,1-2H3. The Morgan fingerprint density at radius 2 is 2.20 bits per heavy atom. The summed E-state index contributed by atoms with van der Waals surface area (Å²) >= 11 is 0. The molecule has 1 aromatic carbocycles. The highest BCUT2D eigenvalue weighted by Gasteiger charge is 2.12. The third-order valence-corrected chi connectivity index (χ3v) is 2.71. The van der Waals surface area contributed by atoms with Crippen molar-refractivity contribution >= 4 is 16.7 Å². The van der Waals surface area contributed by atoms with Gasteiger partial charge in [-0.05, 0) is 26.0 Å². The van der Waals surface area contributed by atoms with Crippen LogP contribution in [0.1, 0.15) is 18.8 Å². The maximum atomic E-state index is 5.87. The molecule has 1 heterocycles. The molecule has 1 unspecified atom stereocenters. The molecule has 0 radical (unpaired) electrons. The van der Waals surface area contributed by atoms with Gasteiger partial charge in [0.1, 0.15) is 11.3 Å². The molecule has 4 heteroatoms. The van der Waals surface area contributed by atoms with Gasteiger partial charge in [0.25, 0.3) is 0 Å². The Kier molecular flexibility index (Phi) is 2.36. The summed E-state index contributed by atoms with van der Waals surface area (Å²) in [5, 5.41) is 0.